The van der Waals surface area contributed by atoms with Crippen LogP contribution in [0, 0.1) is 5.82 Å². The first-order valence-corrected chi connectivity index (χ1v) is 10.7. The van der Waals surface area contributed by atoms with E-state index in [0.29, 0.717) is 10.9 Å². The Morgan fingerprint density at radius 2 is 1.97 bits per heavy atom. The second-order valence-corrected chi connectivity index (χ2v) is 7.80. The molecule has 152 valence electrons. The highest BCUT2D eigenvalue weighted by Crippen LogP contribution is 2.27. The van der Waals surface area contributed by atoms with Crippen LogP contribution in [0.1, 0.15) is 18.1 Å². The number of nitrogens with zero attached hydrogens (tertiary/aromatic N) is 3. The Morgan fingerprint density at radius 1 is 1.13 bits per heavy atom. The number of thioether (sulfide) groups is 1. The predicted octanol–water partition coefficient (Wildman–Crippen LogP) is 5.06. The molecule has 2 aromatic carbocycles. The summed E-state index contributed by atoms with van der Waals surface area (Å²) in [5.41, 5.74) is 4.39. The topological polar surface area (TPSA) is 59.8 Å². The lowest BCUT2D eigenvalue weighted by atomic mass is 10.1. The molecule has 0 bridgehead atoms. The van der Waals surface area contributed by atoms with Gasteiger partial charge in [0, 0.05) is 17.6 Å². The van der Waals surface area contributed by atoms with Crippen LogP contribution in [0.4, 0.5) is 10.1 Å². The molecule has 0 aliphatic rings. The van der Waals surface area contributed by atoms with Crippen LogP contribution in [0.3, 0.4) is 0 Å². The van der Waals surface area contributed by atoms with E-state index < -0.39 is 0 Å². The van der Waals surface area contributed by atoms with Crippen LogP contribution in [-0.2, 0) is 23.5 Å². The molecule has 0 spiro atoms. The van der Waals surface area contributed by atoms with Crippen LogP contribution in [0.2, 0.25) is 0 Å². The van der Waals surface area contributed by atoms with E-state index in [0.717, 1.165) is 28.7 Å². The molecule has 1 amide bonds. The van der Waals surface area contributed by atoms with Crippen molar-refractivity contribution in [3.63, 3.8) is 0 Å². The van der Waals surface area contributed by atoms with Gasteiger partial charge in [0.2, 0.25) is 5.91 Å². The number of pyridine rings is 1. The lowest BCUT2D eigenvalue weighted by molar-refractivity contribution is -0.116. The van der Waals surface area contributed by atoms with Gasteiger partial charge in [0.15, 0.2) is 5.16 Å². The third kappa shape index (κ3) is 4.68. The maximum absolute atomic E-state index is 13.5. The van der Waals surface area contributed by atoms with E-state index in [4.69, 9.17) is 0 Å². The zero-order valence-corrected chi connectivity index (χ0v) is 17.3. The molecule has 1 N–H and O–H groups in total. The molecule has 2 aromatic heterocycles. The number of nitrogens with one attached hydrogen (secondary N) is 1. The van der Waals surface area contributed by atoms with Gasteiger partial charge in [-0.25, -0.2) is 9.37 Å². The van der Waals surface area contributed by atoms with Crippen LogP contribution >= 0.6 is 11.8 Å². The zero-order chi connectivity index (χ0) is 20.9. The van der Waals surface area contributed by atoms with Crippen molar-refractivity contribution in [3.05, 3.63) is 83.9 Å². The second kappa shape index (κ2) is 9.09. The minimum absolute atomic E-state index is 0.114. The third-order valence-electron chi connectivity index (χ3n) is 4.72. The molecule has 0 radical (unpaired) electrons. The highest BCUT2D eigenvalue weighted by Gasteiger charge is 2.15. The summed E-state index contributed by atoms with van der Waals surface area (Å²) in [5, 5.41) is 3.63. The van der Waals surface area contributed by atoms with Crippen molar-refractivity contribution in [2.24, 2.45) is 0 Å². The number of carbonyl (C=O) groups is 1. The van der Waals surface area contributed by atoms with Gasteiger partial charge in [-0.15, -0.1) is 0 Å². The van der Waals surface area contributed by atoms with Gasteiger partial charge in [-0.1, -0.05) is 43.0 Å². The van der Waals surface area contributed by atoms with E-state index in [1.54, 1.807) is 18.5 Å². The molecule has 2 heterocycles. The van der Waals surface area contributed by atoms with Crippen molar-refractivity contribution < 1.29 is 9.18 Å². The number of fused-ring (bicyclic) bond motifs is 1. The summed E-state index contributed by atoms with van der Waals surface area (Å²) in [6.45, 7) is 2.21. The van der Waals surface area contributed by atoms with Crippen molar-refractivity contribution in [1.82, 2.24) is 14.5 Å². The number of anilines is 1. The van der Waals surface area contributed by atoms with Crippen molar-refractivity contribution >= 4 is 34.4 Å². The van der Waals surface area contributed by atoms with Crippen LogP contribution in [-0.4, -0.2) is 20.4 Å². The fourth-order valence-electron chi connectivity index (χ4n) is 3.15. The van der Waals surface area contributed by atoms with Crippen molar-refractivity contribution in [1.29, 1.82) is 0 Å². The molecule has 0 unspecified atom stereocenters. The molecule has 30 heavy (non-hydrogen) atoms. The molecule has 0 aliphatic carbocycles. The number of rotatable bonds is 7. The lowest BCUT2D eigenvalue weighted by Gasteiger charge is -2.10. The fourth-order valence-corrected chi connectivity index (χ4v) is 4.11. The number of imidazole rings is 1. The standard InChI is InChI=1S/C23H21FN4OS/c1-2-16-6-8-19(9-7-16)26-22(29)14-28-21-13-25-11-10-20(21)27-23(28)30-15-17-4-3-5-18(24)12-17/h3-13H,2,14-15H2,1H3,(H,26,29). The number of aromatic nitrogens is 3. The Morgan fingerprint density at radius 3 is 2.73 bits per heavy atom. The van der Waals surface area contributed by atoms with Crippen LogP contribution in [0.5, 0.6) is 0 Å². The van der Waals surface area contributed by atoms with Gasteiger partial charge in [0.25, 0.3) is 0 Å². The summed E-state index contributed by atoms with van der Waals surface area (Å²) in [6.07, 6.45) is 4.34. The second-order valence-electron chi connectivity index (χ2n) is 6.86. The summed E-state index contributed by atoms with van der Waals surface area (Å²) in [4.78, 5) is 21.5. The Kier molecular flexibility index (Phi) is 6.09. The van der Waals surface area contributed by atoms with Crippen molar-refractivity contribution in [3.8, 4) is 0 Å². The van der Waals surface area contributed by atoms with Gasteiger partial charge in [-0.05, 0) is 47.9 Å². The summed E-state index contributed by atoms with van der Waals surface area (Å²) in [7, 11) is 0. The lowest BCUT2D eigenvalue weighted by Crippen LogP contribution is -2.19. The molecule has 0 saturated heterocycles. The van der Waals surface area contributed by atoms with Gasteiger partial charge < -0.3 is 9.88 Å². The van der Waals surface area contributed by atoms with Gasteiger partial charge in [-0.3, -0.25) is 9.78 Å². The smallest absolute Gasteiger partial charge is 0.244 e. The van der Waals surface area contributed by atoms with E-state index in [1.807, 2.05) is 41.0 Å². The maximum Gasteiger partial charge on any atom is 0.244 e. The first-order chi connectivity index (χ1) is 14.6. The summed E-state index contributed by atoms with van der Waals surface area (Å²) < 4.78 is 15.3. The largest absolute Gasteiger partial charge is 0.325 e. The van der Waals surface area contributed by atoms with E-state index in [2.05, 4.69) is 22.2 Å². The minimum Gasteiger partial charge on any atom is -0.325 e. The number of carbonyl (C=O) groups excluding carboxylic acids is 1. The quantitative estimate of drug-likeness (QED) is 0.425. The van der Waals surface area contributed by atoms with Crippen molar-refractivity contribution in [2.45, 2.75) is 30.8 Å². The van der Waals surface area contributed by atoms with E-state index in [1.165, 1.54) is 29.5 Å². The first kappa shape index (κ1) is 20.1. The highest BCUT2D eigenvalue weighted by atomic mass is 32.2. The molecule has 7 heteroatoms. The SMILES string of the molecule is CCc1ccc(NC(=O)Cn2c(SCc3cccc(F)c3)nc3ccncc32)cc1. The molecule has 0 fully saturated rings. The summed E-state index contributed by atoms with van der Waals surface area (Å²) >= 11 is 1.47. The first-order valence-electron chi connectivity index (χ1n) is 9.68. The number of amides is 1. The molecule has 5 nitrogen and oxygen atoms in total. The third-order valence-corrected chi connectivity index (χ3v) is 5.77. The molecule has 4 rings (SSSR count). The Labute approximate surface area is 178 Å². The predicted molar refractivity (Wildman–Crippen MR) is 118 cm³/mol. The molecule has 0 saturated carbocycles. The molecular weight excluding hydrogens is 399 g/mol. The fraction of sp³-hybridized carbons (Fsp3) is 0.174. The molecule has 4 aromatic rings. The highest BCUT2D eigenvalue weighted by molar-refractivity contribution is 7.98. The molecule has 0 aliphatic heterocycles. The Hall–Kier alpha value is -3.19. The molecular formula is C23H21FN4OS. The Balaban J connectivity index is 1.54. The van der Waals surface area contributed by atoms with E-state index >= 15 is 0 Å². The number of aryl methyl sites for hydroxylation is 1. The van der Waals surface area contributed by atoms with Gasteiger partial charge >= 0.3 is 0 Å². The number of hydrogen-bond donors (Lipinski definition) is 1. The number of benzene rings is 2. The van der Waals surface area contributed by atoms with Gasteiger partial charge in [-0.2, -0.15) is 0 Å². The van der Waals surface area contributed by atoms with Crippen LogP contribution in [0.25, 0.3) is 11.0 Å². The number of halogens is 1. The Bertz CT molecular complexity index is 1170. The van der Waals surface area contributed by atoms with Crippen molar-refractivity contribution in [2.75, 3.05) is 5.32 Å². The van der Waals surface area contributed by atoms with E-state index in [9.17, 15) is 9.18 Å². The zero-order valence-electron chi connectivity index (χ0n) is 16.5. The summed E-state index contributed by atoms with van der Waals surface area (Å²) in [6, 6.07) is 16.1. The monoisotopic (exact) mass is 420 g/mol. The average molecular weight is 421 g/mol. The molecule has 0 atom stereocenters. The van der Waals surface area contributed by atoms with Gasteiger partial charge in [0.05, 0.1) is 17.2 Å². The average Bonchev–Trinajstić information content (AvgIpc) is 3.10. The summed E-state index contributed by atoms with van der Waals surface area (Å²) in [5.74, 6) is 0.142. The van der Waals surface area contributed by atoms with E-state index in [-0.39, 0.29) is 18.3 Å². The maximum atomic E-state index is 13.5. The van der Waals surface area contributed by atoms with Crippen LogP contribution in [0.15, 0.2) is 72.1 Å². The minimum atomic E-state index is -0.265. The van der Waals surface area contributed by atoms with Crippen LogP contribution < -0.4 is 5.32 Å². The van der Waals surface area contributed by atoms with Gasteiger partial charge in [0.1, 0.15) is 12.4 Å². The number of hydrogen-bond acceptors (Lipinski definition) is 4. The normalized spacial score (nSPS) is 11.0.